The predicted molar refractivity (Wildman–Crippen MR) is 107 cm³/mol. The average molecular weight is 377 g/mol. The van der Waals surface area contributed by atoms with E-state index in [0.717, 1.165) is 22.6 Å². The van der Waals surface area contributed by atoms with Crippen molar-refractivity contribution in [2.75, 3.05) is 11.9 Å². The minimum Gasteiger partial charge on any atom is -0.339 e. The number of hydrogen-bond acceptors (Lipinski definition) is 4. The Labute approximate surface area is 162 Å². The van der Waals surface area contributed by atoms with Gasteiger partial charge in [-0.15, -0.1) is 0 Å². The van der Waals surface area contributed by atoms with Gasteiger partial charge < -0.3 is 16.0 Å². The van der Waals surface area contributed by atoms with Gasteiger partial charge in [0.25, 0.3) is 0 Å². The van der Waals surface area contributed by atoms with Crippen molar-refractivity contribution in [3.8, 4) is 11.3 Å². The van der Waals surface area contributed by atoms with E-state index in [4.69, 9.17) is 10.7 Å². The molecule has 0 unspecified atom stereocenters. The molecule has 28 heavy (non-hydrogen) atoms. The summed E-state index contributed by atoms with van der Waals surface area (Å²) in [5.74, 6) is 0.960. The van der Waals surface area contributed by atoms with Crippen molar-refractivity contribution in [3.05, 3.63) is 71.9 Å². The van der Waals surface area contributed by atoms with Gasteiger partial charge in [-0.05, 0) is 43.3 Å². The third-order valence-corrected chi connectivity index (χ3v) is 4.62. The summed E-state index contributed by atoms with van der Waals surface area (Å²) >= 11 is 0. The van der Waals surface area contributed by atoms with Gasteiger partial charge in [-0.2, -0.15) is 0 Å². The van der Waals surface area contributed by atoms with E-state index in [0.29, 0.717) is 18.1 Å². The van der Waals surface area contributed by atoms with E-state index < -0.39 is 0 Å². The second-order valence-corrected chi connectivity index (χ2v) is 6.62. The van der Waals surface area contributed by atoms with Crippen LogP contribution in [0.5, 0.6) is 0 Å². The van der Waals surface area contributed by atoms with Crippen LogP contribution in [0, 0.1) is 12.7 Å². The fraction of sp³-hybridized carbons (Fsp3) is 0.143. The lowest BCUT2D eigenvalue weighted by atomic mass is 10.1. The zero-order valence-corrected chi connectivity index (χ0v) is 15.4. The van der Waals surface area contributed by atoms with Crippen LogP contribution >= 0.6 is 0 Å². The Hall–Kier alpha value is -3.45. The lowest BCUT2D eigenvalue weighted by Gasteiger charge is -2.22. The molecule has 2 heterocycles. The van der Waals surface area contributed by atoms with E-state index in [1.54, 1.807) is 24.5 Å². The molecule has 0 radical (unpaired) electrons. The number of aryl methyl sites for hydroxylation is 1. The van der Waals surface area contributed by atoms with Crippen LogP contribution < -0.4 is 11.1 Å². The number of halogens is 1. The number of rotatable bonds is 4. The molecule has 0 saturated heterocycles. The minimum atomic E-state index is -0.305. The van der Waals surface area contributed by atoms with Gasteiger partial charge in [-0.25, -0.2) is 9.37 Å². The maximum absolute atomic E-state index is 13.4. The maximum atomic E-state index is 13.4. The number of aromatic nitrogens is 2. The number of benzene rings is 2. The van der Waals surface area contributed by atoms with Crippen LogP contribution in [-0.2, 0) is 11.3 Å². The Morgan fingerprint density at radius 2 is 1.86 bits per heavy atom. The zero-order valence-electron chi connectivity index (χ0n) is 15.4. The maximum Gasteiger partial charge on any atom is 0.240 e. The van der Waals surface area contributed by atoms with Gasteiger partial charge >= 0.3 is 0 Å². The van der Waals surface area contributed by atoms with Gasteiger partial charge in [0.05, 0.1) is 13.1 Å². The van der Waals surface area contributed by atoms with E-state index in [-0.39, 0.29) is 18.3 Å². The van der Waals surface area contributed by atoms with E-state index in [1.807, 2.05) is 35.8 Å². The molecule has 4 rings (SSSR count). The van der Waals surface area contributed by atoms with Crippen LogP contribution in [0.25, 0.3) is 17.5 Å². The first-order chi connectivity index (χ1) is 13.5. The smallest absolute Gasteiger partial charge is 0.240 e. The molecule has 142 valence electrons. The van der Waals surface area contributed by atoms with Crippen LogP contribution in [0.1, 0.15) is 11.4 Å². The lowest BCUT2D eigenvalue weighted by Crippen LogP contribution is -2.33. The molecule has 0 atom stereocenters. The molecule has 6 nitrogen and oxygen atoms in total. The zero-order chi connectivity index (χ0) is 19.7. The highest BCUT2D eigenvalue weighted by Gasteiger charge is 2.23. The second kappa shape index (κ2) is 7.28. The first-order valence-corrected chi connectivity index (χ1v) is 8.94. The number of nitrogens with two attached hydrogens (primary N) is 1. The van der Waals surface area contributed by atoms with Crippen molar-refractivity contribution in [2.24, 2.45) is 5.73 Å². The third-order valence-electron chi connectivity index (χ3n) is 4.62. The highest BCUT2D eigenvalue weighted by Crippen LogP contribution is 2.33. The summed E-state index contributed by atoms with van der Waals surface area (Å²) < 4.78 is 15.3. The fourth-order valence-electron chi connectivity index (χ4n) is 3.09. The van der Waals surface area contributed by atoms with Gasteiger partial charge in [-0.3, -0.25) is 9.36 Å². The minimum absolute atomic E-state index is 0.0651. The molecule has 1 aliphatic heterocycles. The Balaban J connectivity index is 1.78. The van der Waals surface area contributed by atoms with Gasteiger partial charge in [0.2, 0.25) is 5.91 Å². The number of anilines is 2. The van der Waals surface area contributed by atoms with E-state index in [9.17, 15) is 9.18 Å². The highest BCUT2D eigenvalue weighted by atomic mass is 19.1. The van der Waals surface area contributed by atoms with Crippen molar-refractivity contribution in [1.29, 1.82) is 0 Å². The van der Waals surface area contributed by atoms with Crippen LogP contribution in [0.15, 0.2) is 54.7 Å². The number of nitrogens with zero attached hydrogens (tertiary/aromatic N) is 3. The van der Waals surface area contributed by atoms with Crippen molar-refractivity contribution in [1.82, 2.24) is 14.5 Å². The van der Waals surface area contributed by atoms with E-state index >= 15 is 0 Å². The molecule has 0 bridgehead atoms. The van der Waals surface area contributed by atoms with Crippen molar-refractivity contribution in [2.45, 2.75) is 13.5 Å². The molecule has 0 aliphatic carbocycles. The summed E-state index contributed by atoms with van der Waals surface area (Å²) in [6.45, 7) is 2.28. The van der Waals surface area contributed by atoms with Gasteiger partial charge in [0, 0.05) is 23.7 Å². The van der Waals surface area contributed by atoms with Crippen LogP contribution in [-0.4, -0.2) is 26.9 Å². The third kappa shape index (κ3) is 3.39. The summed E-state index contributed by atoms with van der Waals surface area (Å²) in [4.78, 5) is 18.2. The number of carbonyl (C=O) groups excluding carboxylic acids is 1. The van der Waals surface area contributed by atoms with Crippen LogP contribution in [0.2, 0.25) is 0 Å². The lowest BCUT2D eigenvalue weighted by molar-refractivity contribution is -0.127. The molecule has 1 amide bonds. The standard InChI is InChI=1S/C21H20FN5O/c1-14-2-8-17(9-3-14)24-21-20(15-4-6-16(22)7-5-15)25-18-13-26(19(28)12-23)10-11-27(18)21/h2-11,24H,12-13,23H2,1H3. The Kier molecular flexibility index (Phi) is 4.67. The SMILES string of the molecule is Cc1ccc(Nc2c(-c3ccc(F)cc3)nc3n2C=CN(C(=O)CN)C3)cc1. The summed E-state index contributed by atoms with van der Waals surface area (Å²) in [5, 5.41) is 3.41. The Morgan fingerprint density at radius 3 is 2.54 bits per heavy atom. The van der Waals surface area contributed by atoms with Gasteiger partial charge in [0.1, 0.15) is 23.2 Å². The number of hydrogen-bond donors (Lipinski definition) is 2. The quantitative estimate of drug-likeness (QED) is 0.730. The molecule has 0 spiro atoms. The summed E-state index contributed by atoms with van der Waals surface area (Å²) in [6, 6.07) is 14.2. The van der Waals surface area contributed by atoms with Crippen LogP contribution in [0.4, 0.5) is 15.9 Å². The van der Waals surface area contributed by atoms with E-state index in [1.165, 1.54) is 17.0 Å². The second-order valence-electron chi connectivity index (χ2n) is 6.62. The van der Waals surface area contributed by atoms with Gasteiger partial charge in [0.15, 0.2) is 0 Å². The molecule has 1 aliphatic rings. The van der Waals surface area contributed by atoms with E-state index in [2.05, 4.69) is 5.32 Å². The molecule has 0 saturated carbocycles. The Morgan fingerprint density at radius 1 is 1.14 bits per heavy atom. The summed E-state index contributed by atoms with van der Waals surface area (Å²) in [6.07, 6.45) is 3.47. The molecule has 0 fully saturated rings. The molecule has 1 aromatic heterocycles. The topological polar surface area (TPSA) is 76.2 Å². The molecular formula is C21H20FN5O. The van der Waals surface area contributed by atoms with Crippen molar-refractivity contribution >= 4 is 23.6 Å². The number of fused-ring (bicyclic) bond motifs is 1. The molecular weight excluding hydrogens is 357 g/mol. The van der Waals surface area contributed by atoms with Crippen LogP contribution in [0.3, 0.4) is 0 Å². The number of carbonyl (C=O) groups is 1. The van der Waals surface area contributed by atoms with Crippen molar-refractivity contribution in [3.63, 3.8) is 0 Å². The molecule has 2 aromatic carbocycles. The normalized spacial score (nSPS) is 12.8. The monoisotopic (exact) mass is 377 g/mol. The molecule has 3 aromatic rings. The Bertz CT molecular complexity index is 1040. The molecule has 3 N–H and O–H groups in total. The van der Waals surface area contributed by atoms with Gasteiger partial charge in [-0.1, -0.05) is 17.7 Å². The first-order valence-electron chi connectivity index (χ1n) is 8.94. The first kappa shape index (κ1) is 17.9. The number of imidazole rings is 1. The fourth-order valence-corrected chi connectivity index (χ4v) is 3.09. The summed E-state index contributed by atoms with van der Waals surface area (Å²) in [5.41, 5.74) is 9.01. The number of nitrogens with one attached hydrogen (secondary N) is 1. The number of amides is 1. The molecule has 7 heteroatoms. The van der Waals surface area contributed by atoms with Crippen molar-refractivity contribution < 1.29 is 9.18 Å². The summed E-state index contributed by atoms with van der Waals surface area (Å²) in [7, 11) is 0. The average Bonchev–Trinajstić information content (AvgIpc) is 3.07. The predicted octanol–water partition coefficient (Wildman–Crippen LogP) is 3.47. The highest BCUT2D eigenvalue weighted by molar-refractivity contribution is 5.82. The largest absolute Gasteiger partial charge is 0.339 e.